The second kappa shape index (κ2) is 3.54. The highest BCUT2D eigenvalue weighted by atomic mass is 16.1. The third-order valence-corrected chi connectivity index (χ3v) is 2.72. The lowest BCUT2D eigenvalue weighted by atomic mass is 10.1. The van der Waals surface area contributed by atoms with Gasteiger partial charge in [-0.05, 0) is 25.0 Å². The Bertz CT molecular complexity index is 433. The molecule has 78 valence electrons. The molecule has 1 aromatic rings. The molecular weight excluding hydrogens is 188 g/mol. The number of hydrogen-bond acceptors (Lipinski definition) is 2. The lowest BCUT2D eigenvalue weighted by Gasteiger charge is -2.09. The van der Waals surface area contributed by atoms with Gasteiger partial charge in [0.25, 0.3) is 0 Å². The van der Waals surface area contributed by atoms with E-state index in [2.05, 4.69) is 6.07 Å². The molecule has 3 nitrogen and oxygen atoms in total. The highest BCUT2D eigenvalue weighted by Crippen LogP contribution is 2.37. The van der Waals surface area contributed by atoms with E-state index >= 15 is 0 Å². The fraction of sp³-hybridized carbons (Fsp3) is 0.500. The third kappa shape index (κ3) is 1.68. The van der Waals surface area contributed by atoms with Crippen molar-refractivity contribution in [1.29, 1.82) is 5.26 Å². The molecule has 15 heavy (non-hydrogen) atoms. The molecule has 0 saturated heterocycles. The molecule has 1 aliphatic carbocycles. The number of ketones is 1. The van der Waals surface area contributed by atoms with Gasteiger partial charge in [-0.2, -0.15) is 5.26 Å². The first kappa shape index (κ1) is 9.97. The normalized spacial score (nSPS) is 15.3. The predicted molar refractivity (Wildman–Crippen MR) is 56.6 cm³/mol. The van der Waals surface area contributed by atoms with Gasteiger partial charge in [0.1, 0.15) is 11.8 Å². The summed E-state index contributed by atoms with van der Waals surface area (Å²) in [5.41, 5.74) is 1.31. The fourth-order valence-electron chi connectivity index (χ4n) is 1.76. The van der Waals surface area contributed by atoms with Gasteiger partial charge < -0.3 is 4.57 Å². The van der Waals surface area contributed by atoms with Gasteiger partial charge in [0, 0.05) is 12.0 Å². The third-order valence-electron chi connectivity index (χ3n) is 2.72. The molecule has 1 aliphatic rings. The molecular formula is C12H14N2O. The SMILES string of the molecule is CC(C)C(=O)c1ccc(C#N)n1C1CC1. The molecule has 0 aliphatic heterocycles. The Morgan fingerprint density at radius 2 is 2.20 bits per heavy atom. The highest BCUT2D eigenvalue weighted by Gasteiger charge is 2.30. The minimum Gasteiger partial charge on any atom is -0.327 e. The van der Waals surface area contributed by atoms with Gasteiger partial charge in [0.15, 0.2) is 5.78 Å². The van der Waals surface area contributed by atoms with Gasteiger partial charge in [-0.1, -0.05) is 13.8 Å². The maximum absolute atomic E-state index is 11.9. The quantitative estimate of drug-likeness (QED) is 0.707. The van der Waals surface area contributed by atoms with Crippen LogP contribution in [0.25, 0.3) is 0 Å². The van der Waals surface area contributed by atoms with Gasteiger partial charge in [-0.15, -0.1) is 0 Å². The Morgan fingerprint density at radius 3 is 2.67 bits per heavy atom. The average molecular weight is 202 g/mol. The van der Waals surface area contributed by atoms with Crippen LogP contribution in [0.15, 0.2) is 12.1 Å². The van der Waals surface area contributed by atoms with Crippen molar-refractivity contribution in [1.82, 2.24) is 4.57 Å². The van der Waals surface area contributed by atoms with E-state index in [1.807, 2.05) is 18.4 Å². The number of aromatic nitrogens is 1. The number of rotatable bonds is 3. The lowest BCUT2D eigenvalue weighted by molar-refractivity contribution is 0.0929. The van der Waals surface area contributed by atoms with Crippen molar-refractivity contribution in [2.24, 2.45) is 5.92 Å². The molecule has 0 unspecified atom stereocenters. The topological polar surface area (TPSA) is 45.8 Å². The molecule has 1 aromatic heterocycles. The van der Waals surface area contributed by atoms with Gasteiger partial charge >= 0.3 is 0 Å². The molecule has 2 rings (SSSR count). The van der Waals surface area contributed by atoms with Crippen LogP contribution in [0.3, 0.4) is 0 Å². The largest absolute Gasteiger partial charge is 0.327 e. The van der Waals surface area contributed by atoms with Crippen molar-refractivity contribution in [3.05, 3.63) is 23.5 Å². The summed E-state index contributed by atoms with van der Waals surface area (Å²) in [5, 5.41) is 8.95. The molecule has 0 N–H and O–H groups in total. The zero-order valence-electron chi connectivity index (χ0n) is 9.03. The number of Topliss-reactive ketones (excluding diaryl/α,β-unsaturated/α-hetero) is 1. The minimum absolute atomic E-state index is 0.0102. The Balaban J connectivity index is 2.44. The first-order valence-corrected chi connectivity index (χ1v) is 5.30. The average Bonchev–Trinajstić information content (AvgIpc) is 2.96. The predicted octanol–water partition coefficient (Wildman–Crippen LogP) is 2.53. The molecule has 0 bridgehead atoms. The van der Waals surface area contributed by atoms with Gasteiger partial charge in [0.05, 0.1) is 5.69 Å². The van der Waals surface area contributed by atoms with E-state index in [1.54, 1.807) is 12.1 Å². The van der Waals surface area contributed by atoms with E-state index in [4.69, 9.17) is 5.26 Å². The molecule has 1 fully saturated rings. The van der Waals surface area contributed by atoms with Crippen LogP contribution in [0.4, 0.5) is 0 Å². The smallest absolute Gasteiger partial charge is 0.181 e. The highest BCUT2D eigenvalue weighted by molar-refractivity contribution is 5.96. The van der Waals surface area contributed by atoms with Crippen molar-refractivity contribution in [2.75, 3.05) is 0 Å². The first-order chi connectivity index (χ1) is 7.15. The first-order valence-electron chi connectivity index (χ1n) is 5.30. The summed E-state index contributed by atoms with van der Waals surface area (Å²) in [7, 11) is 0. The summed E-state index contributed by atoms with van der Waals surface area (Å²) >= 11 is 0. The van der Waals surface area contributed by atoms with E-state index in [0.717, 1.165) is 12.8 Å². The monoisotopic (exact) mass is 202 g/mol. The zero-order valence-corrected chi connectivity index (χ0v) is 9.03. The molecule has 0 spiro atoms. The standard InChI is InChI=1S/C12H14N2O/c1-8(2)12(15)11-6-5-10(7-13)14(11)9-3-4-9/h5-6,8-9H,3-4H2,1-2H3. The summed E-state index contributed by atoms with van der Waals surface area (Å²) in [4.78, 5) is 11.9. The van der Waals surface area contributed by atoms with Gasteiger partial charge in [-0.3, -0.25) is 4.79 Å². The van der Waals surface area contributed by atoms with Crippen LogP contribution in [0, 0.1) is 17.2 Å². The molecule has 1 saturated carbocycles. The summed E-state index contributed by atoms with van der Waals surface area (Å²) in [5.74, 6) is 0.118. The number of carbonyl (C=O) groups is 1. The van der Waals surface area contributed by atoms with Crippen LogP contribution in [0.5, 0.6) is 0 Å². The molecule has 0 amide bonds. The van der Waals surface area contributed by atoms with Crippen LogP contribution in [-0.4, -0.2) is 10.4 Å². The van der Waals surface area contributed by atoms with Crippen molar-refractivity contribution in [2.45, 2.75) is 32.7 Å². The summed E-state index contributed by atoms with van der Waals surface area (Å²) in [6, 6.07) is 6.04. The fourth-order valence-corrected chi connectivity index (χ4v) is 1.76. The summed E-state index contributed by atoms with van der Waals surface area (Å²) in [6.07, 6.45) is 2.17. The van der Waals surface area contributed by atoms with Crippen LogP contribution in [0.2, 0.25) is 0 Å². The molecule has 1 heterocycles. The van der Waals surface area contributed by atoms with Crippen LogP contribution in [-0.2, 0) is 0 Å². The van der Waals surface area contributed by atoms with Crippen LogP contribution < -0.4 is 0 Å². The summed E-state index contributed by atoms with van der Waals surface area (Å²) < 4.78 is 1.91. The van der Waals surface area contributed by atoms with Gasteiger partial charge in [0.2, 0.25) is 0 Å². The zero-order chi connectivity index (χ0) is 11.0. The Kier molecular flexibility index (Phi) is 2.36. The van der Waals surface area contributed by atoms with Crippen LogP contribution in [0.1, 0.15) is 48.9 Å². The van der Waals surface area contributed by atoms with E-state index in [1.165, 1.54) is 0 Å². The molecule has 0 aromatic carbocycles. The van der Waals surface area contributed by atoms with Crippen molar-refractivity contribution in [3.8, 4) is 6.07 Å². The Morgan fingerprint density at radius 1 is 1.53 bits per heavy atom. The lowest BCUT2D eigenvalue weighted by Crippen LogP contribution is -2.14. The minimum atomic E-state index is -0.0102. The molecule has 3 heteroatoms. The van der Waals surface area contributed by atoms with Crippen molar-refractivity contribution < 1.29 is 4.79 Å². The maximum Gasteiger partial charge on any atom is 0.181 e. The summed E-state index contributed by atoms with van der Waals surface area (Å²) in [6.45, 7) is 3.78. The second-order valence-corrected chi connectivity index (χ2v) is 4.34. The maximum atomic E-state index is 11.9. The van der Waals surface area contributed by atoms with E-state index < -0.39 is 0 Å². The van der Waals surface area contributed by atoms with Gasteiger partial charge in [-0.25, -0.2) is 0 Å². The van der Waals surface area contributed by atoms with Crippen molar-refractivity contribution in [3.63, 3.8) is 0 Å². The number of nitrogens with zero attached hydrogens (tertiary/aromatic N) is 2. The molecule has 0 atom stereocenters. The number of carbonyl (C=O) groups excluding carboxylic acids is 1. The number of nitriles is 1. The molecule has 0 radical (unpaired) electrons. The Hall–Kier alpha value is -1.56. The van der Waals surface area contributed by atoms with Crippen molar-refractivity contribution >= 4 is 5.78 Å². The van der Waals surface area contributed by atoms with E-state index in [0.29, 0.717) is 17.4 Å². The van der Waals surface area contributed by atoms with Crippen LogP contribution >= 0.6 is 0 Å². The van der Waals surface area contributed by atoms with E-state index in [9.17, 15) is 4.79 Å². The Labute approximate surface area is 89.3 Å². The number of hydrogen-bond donors (Lipinski definition) is 0. The second-order valence-electron chi connectivity index (χ2n) is 4.34. The van der Waals surface area contributed by atoms with E-state index in [-0.39, 0.29) is 11.7 Å².